The van der Waals surface area contributed by atoms with Crippen molar-refractivity contribution in [1.29, 1.82) is 0 Å². The van der Waals surface area contributed by atoms with Crippen LogP contribution in [0.3, 0.4) is 0 Å². The summed E-state index contributed by atoms with van der Waals surface area (Å²) in [5.74, 6) is 0. The third kappa shape index (κ3) is 4.26. The average Bonchev–Trinajstić information content (AvgIpc) is 3.77. The maximum atomic E-state index is 9.43. The minimum absolute atomic E-state index is 0.0715. The third-order valence-corrected chi connectivity index (χ3v) is 8.46. The van der Waals surface area contributed by atoms with Crippen molar-refractivity contribution >= 4 is 54.3 Å². The molecule has 0 aliphatic carbocycles. The fourth-order valence-electron chi connectivity index (χ4n) is 6.49. The lowest BCUT2D eigenvalue weighted by Crippen LogP contribution is -1.92. The first-order valence-electron chi connectivity index (χ1n) is 26.9. The molecule has 1 heterocycles. The highest BCUT2D eigenvalue weighted by Gasteiger charge is 2.21. The van der Waals surface area contributed by atoms with Crippen molar-refractivity contribution < 1.29 is 37.3 Å². The summed E-state index contributed by atoms with van der Waals surface area (Å²) in [5, 5.41) is -1.76. The van der Waals surface area contributed by atoms with Gasteiger partial charge < -0.3 is 4.42 Å². The van der Waals surface area contributed by atoms with Gasteiger partial charge in [-0.1, -0.05) is 175 Å². The van der Waals surface area contributed by atoms with Crippen molar-refractivity contribution in [2.24, 2.45) is 0 Å². The van der Waals surface area contributed by atoms with Gasteiger partial charge in [-0.05, 0) is 77.3 Å². The largest absolute Gasteiger partial charge is 0.455 e. The minimum Gasteiger partial charge on any atom is -0.455 e. The van der Waals surface area contributed by atoms with Crippen molar-refractivity contribution in [3.8, 4) is 44.5 Å². The molecule has 0 aliphatic heterocycles. The van der Waals surface area contributed by atoms with E-state index in [0.29, 0.717) is 0 Å². The van der Waals surface area contributed by atoms with E-state index in [1.165, 1.54) is 12.1 Å². The first-order valence-corrected chi connectivity index (χ1v) is 14.9. The van der Waals surface area contributed by atoms with Gasteiger partial charge in [0.25, 0.3) is 0 Å². The summed E-state index contributed by atoms with van der Waals surface area (Å²) in [5.41, 5.74) is -3.04. The van der Waals surface area contributed by atoms with Crippen LogP contribution in [0, 0.1) is 0 Å². The number of furan rings is 1. The molecule has 10 aromatic rings. The van der Waals surface area contributed by atoms with Gasteiger partial charge in [-0.25, -0.2) is 0 Å². The molecular formula is C48H30O. The zero-order valence-electron chi connectivity index (χ0n) is 48.9. The Morgan fingerprint density at radius 3 is 1.53 bits per heavy atom. The highest BCUT2D eigenvalue weighted by atomic mass is 16.3. The summed E-state index contributed by atoms with van der Waals surface area (Å²) in [7, 11) is 0. The molecule has 0 N–H and O–H groups in total. The Morgan fingerprint density at radius 1 is 0.347 bits per heavy atom. The van der Waals surface area contributed by atoms with Crippen LogP contribution < -0.4 is 0 Å². The Morgan fingerprint density at radius 2 is 0.857 bits per heavy atom. The fourth-order valence-corrected chi connectivity index (χ4v) is 6.49. The summed E-state index contributed by atoms with van der Waals surface area (Å²) >= 11 is 0. The van der Waals surface area contributed by atoms with Gasteiger partial charge in [0.05, 0.1) is 32.9 Å². The van der Waals surface area contributed by atoms with Crippen molar-refractivity contribution in [3.05, 3.63) is 181 Å². The molecule has 0 atom stereocenters. The Labute approximate surface area is 318 Å². The van der Waals surface area contributed by atoms with Crippen LogP contribution in [0.1, 0.15) is 32.9 Å². The fraction of sp³-hybridized carbons (Fsp3) is 0. The summed E-state index contributed by atoms with van der Waals surface area (Å²) < 4.78 is 219. The Balaban J connectivity index is 1.40. The molecule has 0 saturated heterocycles. The maximum Gasteiger partial charge on any atom is 0.143 e. The van der Waals surface area contributed by atoms with Gasteiger partial charge >= 0.3 is 0 Å². The molecule has 0 amide bonds. The molecule has 0 bridgehead atoms. The zero-order valence-corrected chi connectivity index (χ0v) is 24.9. The minimum atomic E-state index is -0.823. The molecular weight excluding hydrogens is 593 g/mol. The molecule has 0 unspecified atom stereocenters. The predicted octanol–water partition coefficient (Wildman–Crippen LogP) is 13.7. The molecule has 0 saturated carbocycles. The average molecular weight is 647 g/mol. The molecule has 0 spiro atoms. The molecule has 0 fully saturated rings. The second kappa shape index (κ2) is 11.1. The number of rotatable bonds is 4. The van der Waals surface area contributed by atoms with Crippen LogP contribution in [0.15, 0.2) is 186 Å². The van der Waals surface area contributed by atoms with Gasteiger partial charge in [0.15, 0.2) is 0 Å². The third-order valence-electron chi connectivity index (χ3n) is 8.46. The maximum absolute atomic E-state index is 9.43. The Kier molecular flexibility index (Phi) is 2.91. The highest BCUT2D eigenvalue weighted by molar-refractivity contribution is 6.24. The molecule has 10 rings (SSSR count). The summed E-state index contributed by atoms with van der Waals surface area (Å²) in [6.07, 6.45) is 0. The van der Waals surface area contributed by atoms with Crippen molar-refractivity contribution in [1.82, 2.24) is 0 Å². The molecule has 228 valence electrons. The lowest BCUT2D eigenvalue weighted by atomic mass is 9.83. The van der Waals surface area contributed by atoms with Gasteiger partial charge in [-0.2, -0.15) is 0 Å². The summed E-state index contributed by atoms with van der Waals surface area (Å²) in [4.78, 5) is 0. The van der Waals surface area contributed by atoms with Crippen LogP contribution in [0.4, 0.5) is 0 Å². The molecule has 1 aromatic heterocycles. The summed E-state index contributed by atoms with van der Waals surface area (Å²) in [6.45, 7) is 0. The van der Waals surface area contributed by atoms with Crippen LogP contribution in [0.25, 0.3) is 98.8 Å². The van der Waals surface area contributed by atoms with E-state index in [2.05, 4.69) is 0 Å². The molecule has 1 heteroatoms. The molecule has 1 nitrogen and oxygen atoms in total. The van der Waals surface area contributed by atoms with Gasteiger partial charge in [0.1, 0.15) is 11.2 Å². The number of hydrogen-bond acceptors (Lipinski definition) is 1. The smallest absolute Gasteiger partial charge is 0.143 e. The topological polar surface area (TPSA) is 13.1 Å². The molecule has 0 radical (unpaired) electrons. The lowest BCUT2D eigenvalue weighted by molar-refractivity contribution is 0.670. The van der Waals surface area contributed by atoms with Gasteiger partial charge in [0.2, 0.25) is 0 Å². The monoisotopic (exact) mass is 646 g/mol. The van der Waals surface area contributed by atoms with E-state index in [0.717, 1.165) is 0 Å². The van der Waals surface area contributed by atoms with Crippen LogP contribution >= 0.6 is 0 Å². The van der Waals surface area contributed by atoms with E-state index in [1.807, 2.05) is 0 Å². The van der Waals surface area contributed by atoms with Crippen molar-refractivity contribution in [3.63, 3.8) is 0 Å². The van der Waals surface area contributed by atoms with Crippen molar-refractivity contribution in [2.45, 2.75) is 0 Å². The standard InChI is InChI=1S/C48H30O/c1-3-15-31(16-4-1)33-25-14-28-44-47(33)43-27-13-26-42(48(43)49-44)36-29-30-41(35-20-8-7-19-34(35)36)46-39-23-11-9-21-37(39)45(32-17-5-2-6-18-32)38-22-10-12-24-40(38)46/h1-30H/i1D,2D,3D,4D,5D,6D,9D,10D,11D,12D,13D,14D,15D,16D,17D,18D,21D,22D,23D,24D,25D,26D,27D,28D. The zero-order chi connectivity index (χ0) is 53.2. The number of hydrogen-bond donors (Lipinski definition) is 0. The van der Waals surface area contributed by atoms with E-state index in [4.69, 9.17) is 29.1 Å². The Hall–Kier alpha value is -6.44. The highest BCUT2D eigenvalue weighted by Crippen LogP contribution is 2.47. The van der Waals surface area contributed by atoms with Crippen molar-refractivity contribution in [2.75, 3.05) is 0 Å². The number of benzene rings is 9. The first-order chi connectivity index (χ1) is 34.3. The molecule has 9 aromatic carbocycles. The normalized spacial score (nSPS) is 18.5. The van der Waals surface area contributed by atoms with Crippen LogP contribution in [0.5, 0.6) is 0 Å². The van der Waals surface area contributed by atoms with Gasteiger partial charge in [-0.3, -0.25) is 0 Å². The van der Waals surface area contributed by atoms with E-state index < -0.39 is 184 Å². The second-order valence-electron chi connectivity index (χ2n) is 11.0. The second-order valence-corrected chi connectivity index (χ2v) is 11.0. The lowest BCUT2D eigenvalue weighted by Gasteiger charge is -2.19. The van der Waals surface area contributed by atoms with Crippen LogP contribution in [0.2, 0.25) is 0 Å². The first kappa shape index (κ1) is 12.9. The van der Waals surface area contributed by atoms with Crippen LogP contribution in [-0.2, 0) is 0 Å². The quantitative estimate of drug-likeness (QED) is 0.173. The van der Waals surface area contributed by atoms with Gasteiger partial charge in [-0.15, -0.1) is 0 Å². The SMILES string of the molecule is [2H]c1c([2H])c([2H])c(-c2c3c([2H])c([2H])c([2H])c([2H])c3c(-c3ccc(-c4c([2H])c([2H])c([2H])c5c4oc4c([2H])c([2H])c([2H])c(-c6c([2H])c([2H])c([2H])c([2H])c6[2H])c45)c4ccccc34)c3c([2H])c([2H])c([2H])c([2H])c23)c([2H])c1[2H]. The van der Waals surface area contributed by atoms with Gasteiger partial charge in [0, 0.05) is 16.3 Å². The van der Waals surface area contributed by atoms with E-state index in [9.17, 15) is 8.22 Å². The van der Waals surface area contributed by atoms with E-state index in [1.54, 1.807) is 24.3 Å². The number of para-hydroxylation sites is 1. The van der Waals surface area contributed by atoms with E-state index in [-0.39, 0.29) is 60.2 Å². The Bertz CT molecular complexity index is 4120. The van der Waals surface area contributed by atoms with E-state index >= 15 is 0 Å². The molecule has 0 aliphatic rings. The molecule has 49 heavy (non-hydrogen) atoms. The van der Waals surface area contributed by atoms with Crippen LogP contribution in [-0.4, -0.2) is 0 Å². The predicted molar refractivity (Wildman–Crippen MR) is 208 cm³/mol. The number of fused-ring (bicyclic) bond motifs is 6. The summed E-state index contributed by atoms with van der Waals surface area (Å²) in [6, 6.07) is -9.04.